The fraction of sp³-hybridized carbons (Fsp3) is 0.857. The molecule has 2 atom stereocenters. The lowest BCUT2D eigenvalue weighted by molar-refractivity contribution is -0.137. The van der Waals surface area contributed by atoms with E-state index in [4.69, 9.17) is 9.84 Å². The number of hydrogen-bond acceptors (Lipinski definition) is 3. The standard InChI is InChI=1S/C14H26N2O4/c1-10-8-15(9-11(2)20-10)13(19)16(14(3,4)5)7-6-12(17)18/h10-11H,6-9H2,1-5H3,(H,17,18)/t10-,11+. The van der Waals surface area contributed by atoms with Crippen molar-refractivity contribution in [1.82, 2.24) is 9.80 Å². The van der Waals surface area contributed by atoms with Gasteiger partial charge in [0.15, 0.2) is 0 Å². The Morgan fingerprint density at radius 2 is 1.75 bits per heavy atom. The Kier molecular flexibility index (Phi) is 5.39. The molecule has 0 aromatic rings. The summed E-state index contributed by atoms with van der Waals surface area (Å²) in [5.41, 5.74) is -0.405. The lowest BCUT2D eigenvalue weighted by atomic mass is 10.1. The number of aliphatic carboxylic acids is 1. The molecular formula is C14H26N2O4. The smallest absolute Gasteiger partial charge is 0.320 e. The van der Waals surface area contributed by atoms with Crippen LogP contribution in [0.4, 0.5) is 4.79 Å². The third kappa shape index (κ3) is 4.67. The molecule has 1 heterocycles. The maximum absolute atomic E-state index is 12.7. The second kappa shape index (κ2) is 6.43. The lowest BCUT2D eigenvalue weighted by Crippen LogP contribution is -2.57. The second-order valence-corrected chi connectivity index (χ2v) is 6.41. The maximum atomic E-state index is 12.7. The zero-order chi connectivity index (χ0) is 15.5. The number of carbonyl (C=O) groups is 2. The van der Waals surface area contributed by atoms with Gasteiger partial charge in [-0.15, -0.1) is 0 Å². The molecular weight excluding hydrogens is 260 g/mol. The number of nitrogens with zero attached hydrogens (tertiary/aromatic N) is 2. The van der Waals surface area contributed by atoms with Crippen molar-refractivity contribution in [2.75, 3.05) is 19.6 Å². The van der Waals surface area contributed by atoms with E-state index in [9.17, 15) is 9.59 Å². The monoisotopic (exact) mass is 286 g/mol. The number of ether oxygens (including phenoxy) is 1. The zero-order valence-corrected chi connectivity index (χ0v) is 13.0. The van der Waals surface area contributed by atoms with E-state index in [0.717, 1.165) is 0 Å². The number of hydrogen-bond donors (Lipinski definition) is 1. The van der Waals surface area contributed by atoms with Crippen LogP contribution in [0.5, 0.6) is 0 Å². The van der Waals surface area contributed by atoms with Gasteiger partial charge in [-0.1, -0.05) is 0 Å². The summed E-state index contributed by atoms with van der Waals surface area (Å²) in [6.45, 7) is 10.9. The normalized spacial score (nSPS) is 23.6. The third-order valence-corrected chi connectivity index (χ3v) is 3.28. The first-order chi connectivity index (χ1) is 9.11. The van der Waals surface area contributed by atoms with Gasteiger partial charge in [-0.05, 0) is 34.6 Å². The van der Waals surface area contributed by atoms with Gasteiger partial charge in [-0.25, -0.2) is 4.79 Å². The fourth-order valence-electron chi connectivity index (χ4n) is 2.43. The van der Waals surface area contributed by atoms with Crippen LogP contribution in [0.1, 0.15) is 41.0 Å². The molecule has 1 saturated heterocycles. The minimum atomic E-state index is -0.893. The van der Waals surface area contributed by atoms with Gasteiger partial charge in [0.2, 0.25) is 0 Å². The van der Waals surface area contributed by atoms with Crippen molar-refractivity contribution >= 4 is 12.0 Å². The number of amides is 2. The highest BCUT2D eigenvalue weighted by molar-refractivity contribution is 5.76. The molecule has 0 spiro atoms. The van der Waals surface area contributed by atoms with Crippen molar-refractivity contribution in [2.45, 2.75) is 58.8 Å². The molecule has 0 aliphatic carbocycles. The molecule has 0 radical (unpaired) electrons. The predicted octanol–water partition coefficient (Wildman–Crippen LogP) is 1.79. The number of carboxylic acid groups (broad SMARTS) is 1. The Bertz CT molecular complexity index is 355. The van der Waals surface area contributed by atoms with Crippen LogP contribution in [0.25, 0.3) is 0 Å². The van der Waals surface area contributed by atoms with Crippen molar-refractivity contribution in [3.8, 4) is 0 Å². The molecule has 6 heteroatoms. The second-order valence-electron chi connectivity index (χ2n) is 6.41. The van der Waals surface area contributed by atoms with Crippen molar-refractivity contribution in [3.05, 3.63) is 0 Å². The van der Waals surface area contributed by atoms with Crippen molar-refractivity contribution in [1.29, 1.82) is 0 Å². The number of morpholine rings is 1. The molecule has 1 fully saturated rings. The number of carbonyl (C=O) groups excluding carboxylic acids is 1. The summed E-state index contributed by atoms with van der Waals surface area (Å²) >= 11 is 0. The van der Waals surface area contributed by atoms with Crippen LogP contribution in [0.2, 0.25) is 0 Å². The summed E-state index contributed by atoms with van der Waals surface area (Å²) < 4.78 is 5.62. The highest BCUT2D eigenvalue weighted by Crippen LogP contribution is 2.19. The van der Waals surface area contributed by atoms with E-state index in [2.05, 4.69) is 0 Å². The third-order valence-electron chi connectivity index (χ3n) is 3.28. The van der Waals surface area contributed by atoms with Gasteiger partial charge in [0.1, 0.15) is 0 Å². The van der Waals surface area contributed by atoms with Crippen molar-refractivity contribution in [3.63, 3.8) is 0 Å². The average molecular weight is 286 g/mol. The number of rotatable bonds is 3. The van der Waals surface area contributed by atoms with Crippen LogP contribution in [0.15, 0.2) is 0 Å². The minimum absolute atomic E-state index is 0.00370. The molecule has 1 rings (SSSR count). The summed E-state index contributed by atoms with van der Waals surface area (Å²) in [4.78, 5) is 26.8. The van der Waals surface area contributed by atoms with Gasteiger partial charge < -0.3 is 19.6 Å². The van der Waals surface area contributed by atoms with E-state index in [-0.39, 0.29) is 31.2 Å². The predicted molar refractivity (Wildman–Crippen MR) is 75.7 cm³/mol. The molecule has 2 amide bonds. The van der Waals surface area contributed by atoms with Gasteiger partial charge in [-0.3, -0.25) is 4.79 Å². The van der Waals surface area contributed by atoms with Crippen molar-refractivity contribution in [2.24, 2.45) is 0 Å². The molecule has 1 aliphatic heterocycles. The first-order valence-electron chi connectivity index (χ1n) is 7.05. The van der Waals surface area contributed by atoms with Gasteiger partial charge in [-0.2, -0.15) is 0 Å². The van der Waals surface area contributed by atoms with Gasteiger partial charge in [0, 0.05) is 25.2 Å². The molecule has 0 bridgehead atoms. The summed E-state index contributed by atoms with van der Waals surface area (Å²) in [5.74, 6) is -0.893. The highest BCUT2D eigenvalue weighted by atomic mass is 16.5. The first kappa shape index (κ1) is 16.8. The molecule has 0 saturated carbocycles. The van der Waals surface area contributed by atoms with Crippen LogP contribution < -0.4 is 0 Å². The number of urea groups is 1. The van der Waals surface area contributed by atoms with Crippen LogP contribution in [0, 0.1) is 0 Å². The van der Waals surface area contributed by atoms with Crippen LogP contribution in [0.3, 0.4) is 0 Å². The summed E-state index contributed by atoms with van der Waals surface area (Å²) in [7, 11) is 0. The molecule has 0 aromatic heterocycles. The molecule has 20 heavy (non-hydrogen) atoms. The molecule has 1 aliphatic rings. The van der Waals surface area contributed by atoms with Gasteiger partial charge in [0.05, 0.1) is 18.6 Å². The highest BCUT2D eigenvalue weighted by Gasteiger charge is 2.33. The first-order valence-corrected chi connectivity index (χ1v) is 7.05. The molecule has 6 nitrogen and oxygen atoms in total. The summed E-state index contributed by atoms with van der Waals surface area (Å²) in [6.07, 6.45) is -0.0358. The Labute approximate surface area is 120 Å². The number of carboxylic acids is 1. The minimum Gasteiger partial charge on any atom is -0.481 e. The Morgan fingerprint density at radius 1 is 1.25 bits per heavy atom. The van der Waals surface area contributed by atoms with Crippen LogP contribution in [-0.4, -0.2) is 64.3 Å². The summed E-state index contributed by atoms with van der Waals surface area (Å²) in [6, 6.07) is -0.110. The van der Waals surface area contributed by atoms with E-state index >= 15 is 0 Å². The molecule has 1 N–H and O–H groups in total. The molecule has 0 aromatic carbocycles. The van der Waals surface area contributed by atoms with Gasteiger partial charge in [0.25, 0.3) is 0 Å². The summed E-state index contributed by atoms with van der Waals surface area (Å²) in [5, 5.41) is 8.83. The lowest BCUT2D eigenvalue weighted by Gasteiger charge is -2.42. The van der Waals surface area contributed by atoms with Gasteiger partial charge >= 0.3 is 12.0 Å². The van der Waals surface area contributed by atoms with Crippen molar-refractivity contribution < 1.29 is 19.4 Å². The van der Waals surface area contributed by atoms with E-state index in [1.54, 1.807) is 9.80 Å². The SMILES string of the molecule is C[C@@H]1CN(C(=O)N(CCC(=O)O)C(C)(C)C)C[C@H](C)O1. The van der Waals surface area contributed by atoms with E-state index < -0.39 is 11.5 Å². The molecule has 0 unspecified atom stereocenters. The topological polar surface area (TPSA) is 70.1 Å². The van der Waals surface area contributed by atoms with E-state index in [1.165, 1.54) is 0 Å². The Hall–Kier alpha value is -1.30. The van der Waals surface area contributed by atoms with E-state index in [0.29, 0.717) is 13.1 Å². The fourth-order valence-corrected chi connectivity index (χ4v) is 2.43. The Morgan fingerprint density at radius 3 is 2.15 bits per heavy atom. The average Bonchev–Trinajstić information content (AvgIpc) is 2.25. The quantitative estimate of drug-likeness (QED) is 0.858. The molecule has 116 valence electrons. The zero-order valence-electron chi connectivity index (χ0n) is 13.0. The largest absolute Gasteiger partial charge is 0.481 e. The maximum Gasteiger partial charge on any atom is 0.320 e. The van der Waals surface area contributed by atoms with E-state index in [1.807, 2.05) is 34.6 Å². The van der Waals surface area contributed by atoms with Crippen LogP contribution in [-0.2, 0) is 9.53 Å². The van der Waals surface area contributed by atoms with Crippen LogP contribution >= 0.6 is 0 Å². The Balaban J connectivity index is 2.79.